The van der Waals surface area contributed by atoms with Gasteiger partial charge in [-0.05, 0) is 42.3 Å². The van der Waals surface area contributed by atoms with Crippen molar-refractivity contribution in [3.05, 3.63) is 64.8 Å². The lowest BCUT2D eigenvalue weighted by Crippen LogP contribution is -2.49. The summed E-state index contributed by atoms with van der Waals surface area (Å²) in [6.45, 7) is 3.95. The number of nitrogens with one attached hydrogen (secondary N) is 1. The molecule has 2 heterocycles. The van der Waals surface area contributed by atoms with Crippen LogP contribution in [0.25, 0.3) is 10.9 Å². The number of H-pyrrole nitrogens is 1. The Morgan fingerprint density at radius 1 is 1.25 bits per heavy atom. The summed E-state index contributed by atoms with van der Waals surface area (Å²) in [5, 5.41) is 10.3. The maximum absolute atomic E-state index is 13.1. The normalized spacial score (nSPS) is 17.8. The van der Waals surface area contributed by atoms with Crippen molar-refractivity contribution in [2.75, 3.05) is 33.3 Å². The minimum absolute atomic E-state index is 0.148. The van der Waals surface area contributed by atoms with E-state index >= 15 is 0 Å². The second kappa shape index (κ2) is 9.26. The summed E-state index contributed by atoms with van der Waals surface area (Å²) < 4.78 is 31.8. The molecule has 0 aliphatic carbocycles. The second-order valence-electron chi connectivity index (χ2n) is 8.20. The van der Waals surface area contributed by atoms with Crippen molar-refractivity contribution in [1.29, 1.82) is 0 Å². The van der Waals surface area contributed by atoms with Crippen molar-refractivity contribution in [1.82, 2.24) is 14.8 Å². The van der Waals surface area contributed by atoms with Crippen molar-refractivity contribution < 1.29 is 23.4 Å². The second-order valence-corrected chi connectivity index (χ2v) is 8.20. The molecule has 0 amide bonds. The molecule has 2 aromatic carbocycles. The van der Waals surface area contributed by atoms with Crippen molar-refractivity contribution in [2.45, 2.75) is 25.9 Å². The van der Waals surface area contributed by atoms with Gasteiger partial charge in [0.05, 0.1) is 19.2 Å². The van der Waals surface area contributed by atoms with Crippen LogP contribution in [-0.2, 0) is 6.54 Å². The lowest BCUT2D eigenvalue weighted by Gasteiger charge is -2.42. The molecule has 3 aromatic rings. The van der Waals surface area contributed by atoms with Gasteiger partial charge in [-0.25, -0.2) is 13.6 Å². The fourth-order valence-corrected chi connectivity index (χ4v) is 4.58. The number of aromatic amines is 1. The number of halogens is 2. The van der Waals surface area contributed by atoms with Gasteiger partial charge in [0.2, 0.25) is 0 Å². The van der Waals surface area contributed by atoms with Gasteiger partial charge in [-0.2, -0.15) is 0 Å². The van der Waals surface area contributed by atoms with Crippen LogP contribution in [0.5, 0.6) is 5.75 Å². The number of methoxy groups -OCH3 is 1. The van der Waals surface area contributed by atoms with Crippen LogP contribution in [0.4, 0.5) is 8.78 Å². The SMILES string of the molecule is COc1cc(C)c2[nH]ccc2c1CN1CCN(CC(F)F)C[C@@H]1c1ccc(C(=O)O)cc1. The molecule has 1 aliphatic heterocycles. The molecule has 1 fully saturated rings. The molecule has 1 saturated heterocycles. The molecule has 0 saturated carbocycles. The number of carboxylic acid groups (broad SMARTS) is 1. The Labute approximate surface area is 185 Å². The molecule has 2 N–H and O–H groups in total. The topological polar surface area (TPSA) is 68.8 Å². The predicted molar refractivity (Wildman–Crippen MR) is 119 cm³/mol. The van der Waals surface area contributed by atoms with Gasteiger partial charge in [-0.3, -0.25) is 9.80 Å². The highest BCUT2D eigenvalue weighted by molar-refractivity contribution is 5.88. The Morgan fingerprint density at radius 3 is 2.66 bits per heavy atom. The number of hydrogen-bond donors (Lipinski definition) is 2. The lowest BCUT2D eigenvalue weighted by atomic mass is 9.98. The van der Waals surface area contributed by atoms with E-state index in [4.69, 9.17) is 4.74 Å². The number of alkyl halides is 2. The zero-order valence-corrected chi connectivity index (χ0v) is 18.1. The minimum Gasteiger partial charge on any atom is -0.496 e. The minimum atomic E-state index is -2.40. The first-order chi connectivity index (χ1) is 15.4. The van der Waals surface area contributed by atoms with E-state index in [2.05, 4.69) is 9.88 Å². The number of nitrogens with zero attached hydrogens (tertiary/aromatic N) is 2. The quantitative estimate of drug-likeness (QED) is 0.570. The van der Waals surface area contributed by atoms with Crippen LogP contribution in [0.2, 0.25) is 0 Å². The van der Waals surface area contributed by atoms with E-state index in [9.17, 15) is 18.7 Å². The van der Waals surface area contributed by atoms with Gasteiger partial charge in [0.15, 0.2) is 0 Å². The standard InChI is InChI=1S/C24H27F2N3O3/c1-15-11-21(32-2)19(18-7-8-27-23(15)18)12-29-10-9-28(14-22(25)26)13-20(29)16-3-5-17(6-4-16)24(30)31/h3-8,11,20,22,27H,9-10,12-14H2,1-2H3,(H,30,31)/t20-/m1/s1. The fourth-order valence-electron chi connectivity index (χ4n) is 4.58. The molecule has 0 bridgehead atoms. The van der Waals surface area contributed by atoms with Gasteiger partial charge in [0, 0.05) is 54.9 Å². The molecule has 0 spiro atoms. The third kappa shape index (κ3) is 4.47. The average molecular weight is 443 g/mol. The van der Waals surface area contributed by atoms with Crippen LogP contribution >= 0.6 is 0 Å². The van der Waals surface area contributed by atoms with Crippen LogP contribution in [0.1, 0.15) is 33.1 Å². The first kappa shape index (κ1) is 22.2. The molecule has 1 aromatic heterocycles. The van der Waals surface area contributed by atoms with Crippen molar-refractivity contribution in [3.63, 3.8) is 0 Å². The number of aromatic nitrogens is 1. The van der Waals surface area contributed by atoms with Gasteiger partial charge in [-0.15, -0.1) is 0 Å². The highest BCUT2D eigenvalue weighted by Gasteiger charge is 2.31. The molecule has 6 nitrogen and oxygen atoms in total. The van der Waals surface area contributed by atoms with Crippen LogP contribution in [0.15, 0.2) is 42.6 Å². The molecule has 170 valence electrons. The van der Waals surface area contributed by atoms with E-state index in [-0.39, 0.29) is 18.2 Å². The monoisotopic (exact) mass is 443 g/mol. The molecule has 0 radical (unpaired) electrons. The van der Waals surface area contributed by atoms with Gasteiger partial charge >= 0.3 is 5.97 Å². The third-order valence-electron chi connectivity index (χ3n) is 6.21. The first-order valence-corrected chi connectivity index (χ1v) is 10.6. The van der Waals surface area contributed by atoms with Gasteiger partial charge in [-0.1, -0.05) is 12.1 Å². The number of carboxylic acids is 1. The lowest BCUT2D eigenvalue weighted by molar-refractivity contribution is 0.0245. The number of piperazine rings is 1. The molecule has 0 unspecified atom stereocenters. The summed E-state index contributed by atoms with van der Waals surface area (Å²) in [4.78, 5) is 18.6. The van der Waals surface area contributed by atoms with E-state index < -0.39 is 12.4 Å². The third-order valence-corrected chi connectivity index (χ3v) is 6.21. The zero-order chi connectivity index (χ0) is 22.8. The Kier molecular flexibility index (Phi) is 6.43. The number of hydrogen-bond acceptors (Lipinski definition) is 4. The molecule has 8 heteroatoms. The highest BCUT2D eigenvalue weighted by atomic mass is 19.3. The maximum atomic E-state index is 13.1. The van der Waals surface area contributed by atoms with Crippen LogP contribution in [0, 0.1) is 6.92 Å². The summed E-state index contributed by atoms with van der Waals surface area (Å²) in [6, 6.07) is 10.6. The predicted octanol–water partition coefficient (Wildman–Crippen LogP) is 4.31. The van der Waals surface area contributed by atoms with Crippen molar-refractivity contribution in [3.8, 4) is 5.75 Å². The Bertz CT molecular complexity index is 1100. The number of aromatic carboxylic acids is 1. The zero-order valence-electron chi connectivity index (χ0n) is 18.1. The number of ether oxygens (including phenoxy) is 1. The van der Waals surface area contributed by atoms with E-state index in [1.807, 2.05) is 25.3 Å². The molecular formula is C24H27F2N3O3. The summed E-state index contributed by atoms with van der Waals surface area (Å²) in [6.07, 6.45) is -0.489. The Hall–Kier alpha value is -2.97. The fraction of sp³-hybridized carbons (Fsp3) is 0.375. The van der Waals surface area contributed by atoms with Gasteiger partial charge < -0.3 is 14.8 Å². The summed E-state index contributed by atoms with van der Waals surface area (Å²) in [7, 11) is 1.65. The van der Waals surface area contributed by atoms with Gasteiger partial charge in [0.1, 0.15) is 5.75 Å². The number of carbonyl (C=O) groups is 1. The molecule has 4 rings (SSSR count). The van der Waals surface area contributed by atoms with Crippen LogP contribution in [-0.4, -0.2) is 65.6 Å². The Balaban J connectivity index is 1.68. The van der Waals surface area contributed by atoms with Crippen molar-refractivity contribution in [2.24, 2.45) is 0 Å². The largest absolute Gasteiger partial charge is 0.496 e. The van der Waals surface area contributed by atoms with Crippen LogP contribution < -0.4 is 4.74 Å². The van der Waals surface area contributed by atoms with E-state index in [0.29, 0.717) is 26.2 Å². The first-order valence-electron chi connectivity index (χ1n) is 10.6. The molecule has 32 heavy (non-hydrogen) atoms. The number of rotatable bonds is 7. The smallest absolute Gasteiger partial charge is 0.335 e. The summed E-state index contributed by atoms with van der Waals surface area (Å²) in [5.74, 6) is -0.194. The Morgan fingerprint density at radius 2 is 2.00 bits per heavy atom. The summed E-state index contributed by atoms with van der Waals surface area (Å²) >= 11 is 0. The van der Waals surface area contributed by atoms with Crippen molar-refractivity contribution >= 4 is 16.9 Å². The number of benzene rings is 2. The number of aryl methyl sites for hydroxylation is 1. The summed E-state index contributed by atoms with van der Waals surface area (Å²) in [5.41, 5.74) is 4.30. The number of fused-ring (bicyclic) bond motifs is 1. The van der Waals surface area contributed by atoms with E-state index in [1.165, 1.54) is 0 Å². The molecular weight excluding hydrogens is 416 g/mol. The van der Waals surface area contributed by atoms with E-state index in [0.717, 1.165) is 33.3 Å². The van der Waals surface area contributed by atoms with Gasteiger partial charge in [0.25, 0.3) is 6.43 Å². The highest BCUT2D eigenvalue weighted by Crippen LogP contribution is 2.35. The molecule has 1 atom stereocenters. The maximum Gasteiger partial charge on any atom is 0.335 e. The molecule has 1 aliphatic rings. The van der Waals surface area contributed by atoms with E-state index in [1.54, 1.807) is 36.3 Å². The average Bonchev–Trinajstić information content (AvgIpc) is 3.27. The van der Waals surface area contributed by atoms with Crippen LogP contribution in [0.3, 0.4) is 0 Å².